The van der Waals surface area contributed by atoms with Crippen LogP contribution in [0.5, 0.6) is 5.75 Å². The molecule has 0 fully saturated rings. The number of thioether (sulfide) groups is 1. The average molecular weight is 507 g/mol. The third-order valence-corrected chi connectivity index (χ3v) is 6.92. The summed E-state index contributed by atoms with van der Waals surface area (Å²) in [5, 5.41) is 20.3. The Morgan fingerprint density at radius 2 is 1.39 bits per heavy atom. The minimum Gasteiger partial charge on any atom is -0.505 e. The van der Waals surface area contributed by atoms with Crippen molar-refractivity contribution >= 4 is 65.0 Å². The lowest BCUT2D eigenvalue weighted by Crippen LogP contribution is -1.99. The zero-order valence-corrected chi connectivity index (χ0v) is 19.1. The fourth-order valence-electron chi connectivity index (χ4n) is 3.17. The van der Waals surface area contributed by atoms with E-state index in [1.165, 1.54) is 36.2 Å². The smallest absolute Gasteiger partial charge is 0.294 e. The molecule has 0 unspecified atom stereocenters. The van der Waals surface area contributed by atoms with Crippen molar-refractivity contribution in [2.75, 3.05) is 6.26 Å². The molecule has 4 aromatic rings. The highest BCUT2D eigenvalue weighted by Crippen LogP contribution is 2.44. The Balaban J connectivity index is 2.07. The number of phenols is 1. The van der Waals surface area contributed by atoms with Crippen molar-refractivity contribution in [3.8, 4) is 5.75 Å². The van der Waals surface area contributed by atoms with Gasteiger partial charge in [0.15, 0.2) is 16.7 Å². The third-order valence-electron chi connectivity index (χ3n) is 4.66. The topological polar surface area (TPSA) is 179 Å². The van der Waals surface area contributed by atoms with Gasteiger partial charge in [-0.25, -0.2) is 9.97 Å². The normalized spacial score (nSPS) is 12.7. The van der Waals surface area contributed by atoms with E-state index in [4.69, 9.17) is 0 Å². The molecule has 1 aromatic heterocycles. The number of benzene rings is 3. The van der Waals surface area contributed by atoms with Crippen LogP contribution in [0.4, 0.5) is 11.5 Å². The van der Waals surface area contributed by atoms with Crippen molar-refractivity contribution in [3.63, 3.8) is 0 Å². The van der Waals surface area contributed by atoms with Gasteiger partial charge in [0.25, 0.3) is 20.2 Å². The summed E-state index contributed by atoms with van der Waals surface area (Å²) in [6, 6.07) is 8.66. The lowest BCUT2D eigenvalue weighted by molar-refractivity contribution is 0.479. The summed E-state index contributed by atoms with van der Waals surface area (Å²) >= 11 is 1.27. The van der Waals surface area contributed by atoms with Crippen LogP contribution >= 0.6 is 11.8 Å². The Labute approximate surface area is 191 Å². The second-order valence-electron chi connectivity index (χ2n) is 6.66. The summed E-state index contributed by atoms with van der Waals surface area (Å²) < 4.78 is 65.3. The summed E-state index contributed by atoms with van der Waals surface area (Å²) in [5.41, 5.74) is -0.195. The predicted molar refractivity (Wildman–Crippen MR) is 121 cm³/mol. The van der Waals surface area contributed by atoms with Crippen molar-refractivity contribution in [2.24, 2.45) is 10.2 Å². The van der Waals surface area contributed by atoms with Gasteiger partial charge in [-0.2, -0.15) is 16.8 Å². The van der Waals surface area contributed by atoms with Gasteiger partial charge in [-0.3, -0.25) is 9.11 Å². The minimum absolute atomic E-state index is 0.0265. The van der Waals surface area contributed by atoms with Crippen molar-refractivity contribution in [1.82, 2.24) is 9.97 Å². The lowest BCUT2D eigenvalue weighted by Gasteiger charge is -2.12. The van der Waals surface area contributed by atoms with Crippen LogP contribution in [0.3, 0.4) is 0 Å². The molecule has 3 aromatic carbocycles. The Bertz CT molecular complexity index is 1670. The van der Waals surface area contributed by atoms with Gasteiger partial charge >= 0.3 is 0 Å². The molecule has 0 amide bonds. The van der Waals surface area contributed by atoms with Crippen molar-refractivity contribution < 1.29 is 31.0 Å². The molecule has 33 heavy (non-hydrogen) atoms. The van der Waals surface area contributed by atoms with Gasteiger partial charge in [-0.05, 0) is 41.3 Å². The van der Waals surface area contributed by atoms with Crippen LogP contribution in [0.15, 0.2) is 73.8 Å². The van der Waals surface area contributed by atoms with Crippen molar-refractivity contribution in [3.05, 3.63) is 48.7 Å². The molecule has 0 aliphatic rings. The van der Waals surface area contributed by atoms with E-state index in [1.807, 2.05) is 0 Å². The van der Waals surface area contributed by atoms with Gasteiger partial charge in [-0.15, -0.1) is 10.2 Å². The van der Waals surface area contributed by atoms with E-state index in [1.54, 1.807) is 6.26 Å². The Kier molecular flexibility index (Phi) is 5.79. The largest absolute Gasteiger partial charge is 0.505 e. The number of hydrogen-bond donors (Lipinski definition) is 3. The van der Waals surface area contributed by atoms with Crippen LogP contribution in [0.2, 0.25) is 0 Å². The molecule has 170 valence electrons. The predicted octanol–water partition coefficient (Wildman–Crippen LogP) is 4.12. The Hall–Kier alpha value is -3.17. The Morgan fingerprint density at radius 1 is 0.818 bits per heavy atom. The molecule has 4 rings (SSSR count). The lowest BCUT2D eigenvalue weighted by atomic mass is 9.99. The molecule has 1 heterocycles. The first kappa shape index (κ1) is 23.0. The summed E-state index contributed by atoms with van der Waals surface area (Å²) in [6.07, 6.45) is 3.23. The fraction of sp³-hybridized carbons (Fsp3) is 0.0526. The van der Waals surface area contributed by atoms with E-state index < -0.39 is 35.8 Å². The van der Waals surface area contributed by atoms with E-state index in [2.05, 4.69) is 20.2 Å². The number of rotatable bonds is 5. The number of nitrogens with zero attached hydrogens (tertiary/aromatic N) is 4. The second-order valence-corrected chi connectivity index (χ2v) is 10.3. The first-order chi connectivity index (χ1) is 15.5. The average Bonchev–Trinajstić information content (AvgIpc) is 2.77. The van der Waals surface area contributed by atoms with E-state index in [0.717, 1.165) is 24.3 Å². The van der Waals surface area contributed by atoms with Gasteiger partial charge in [0.1, 0.15) is 5.69 Å². The van der Waals surface area contributed by atoms with Crippen LogP contribution in [-0.4, -0.2) is 47.3 Å². The van der Waals surface area contributed by atoms with Crippen LogP contribution in [0, 0.1) is 0 Å². The molecule has 0 saturated heterocycles. The van der Waals surface area contributed by atoms with Gasteiger partial charge in [0.2, 0.25) is 0 Å². The number of aromatic hydroxyl groups is 1. The maximum Gasteiger partial charge on any atom is 0.294 e. The molecular weight excluding hydrogens is 492 g/mol. The number of hydrogen-bond acceptors (Lipinski definition) is 10. The zero-order valence-electron chi connectivity index (χ0n) is 16.6. The molecule has 0 bridgehead atoms. The van der Waals surface area contributed by atoms with Gasteiger partial charge in [-0.1, -0.05) is 23.9 Å². The minimum atomic E-state index is -4.57. The number of fused-ring (bicyclic) bond motifs is 3. The third kappa shape index (κ3) is 4.51. The van der Waals surface area contributed by atoms with Crippen molar-refractivity contribution in [2.45, 2.75) is 14.9 Å². The fourth-order valence-corrected chi connectivity index (χ4v) is 4.54. The first-order valence-electron chi connectivity index (χ1n) is 8.95. The molecule has 0 spiro atoms. The highest BCUT2D eigenvalue weighted by atomic mass is 32.2. The van der Waals surface area contributed by atoms with E-state index in [0.29, 0.717) is 15.9 Å². The van der Waals surface area contributed by atoms with Gasteiger partial charge < -0.3 is 5.11 Å². The number of azo groups is 1. The van der Waals surface area contributed by atoms with Crippen LogP contribution in [0.25, 0.3) is 21.5 Å². The molecule has 11 nitrogen and oxygen atoms in total. The van der Waals surface area contributed by atoms with Gasteiger partial charge in [0.05, 0.1) is 9.79 Å². The molecule has 0 atom stereocenters. The summed E-state index contributed by atoms with van der Waals surface area (Å²) in [7, 11) is -9.13. The molecule has 3 N–H and O–H groups in total. The standard InChI is InChI=1S/C19H14N4O7S3/c1-31-19-20-7-6-16(21-19)22-23-17-14-8-10(32(25,26)27)2-4-12(14)13-5-3-11(33(28,29)30)9-15(13)18(17)24/h2-9,24H,1H3,(H,25,26,27)(H,28,29,30). The zero-order chi connectivity index (χ0) is 24.0. The number of phenolic OH excluding ortho intramolecular Hbond substituents is 1. The van der Waals surface area contributed by atoms with Crippen molar-refractivity contribution in [1.29, 1.82) is 0 Å². The first-order valence-corrected chi connectivity index (χ1v) is 13.1. The SMILES string of the molecule is CSc1nccc(N=Nc2c(O)c3cc(S(=O)(=O)O)ccc3c3ccc(S(=O)(=O)O)cc23)n1. The van der Waals surface area contributed by atoms with Crippen LogP contribution in [-0.2, 0) is 20.2 Å². The van der Waals surface area contributed by atoms with E-state index in [9.17, 15) is 31.0 Å². The van der Waals surface area contributed by atoms with E-state index >= 15 is 0 Å². The summed E-state index contributed by atoms with van der Waals surface area (Å²) in [5.74, 6) is -0.363. The molecule has 14 heteroatoms. The highest BCUT2D eigenvalue weighted by Gasteiger charge is 2.20. The number of aromatic nitrogens is 2. The molecule has 0 aliphatic carbocycles. The van der Waals surface area contributed by atoms with Crippen LogP contribution < -0.4 is 0 Å². The highest BCUT2D eigenvalue weighted by molar-refractivity contribution is 7.98. The maximum atomic E-state index is 11.7. The van der Waals surface area contributed by atoms with E-state index in [-0.39, 0.29) is 22.3 Å². The van der Waals surface area contributed by atoms with Crippen LogP contribution in [0.1, 0.15) is 0 Å². The summed E-state index contributed by atoms with van der Waals surface area (Å²) in [4.78, 5) is 7.27. The molecule has 0 aliphatic heterocycles. The maximum absolute atomic E-state index is 11.7. The Morgan fingerprint density at radius 3 is 1.97 bits per heavy atom. The second kappa shape index (κ2) is 8.31. The quantitative estimate of drug-likeness (QED) is 0.117. The van der Waals surface area contributed by atoms with Gasteiger partial charge in [0, 0.05) is 23.0 Å². The molecule has 0 saturated carbocycles. The summed E-state index contributed by atoms with van der Waals surface area (Å²) in [6.45, 7) is 0. The molecule has 0 radical (unpaired) electrons. The molecular formula is C19H14N4O7S3. The monoisotopic (exact) mass is 506 g/mol.